The maximum absolute atomic E-state index is 12.2. The van der Waals surface area contributed by atoms with E-state index in [-0.39, 0.29) is 28.9 Å². The summed E-state index contributed by atoms with van der Waals surface area (Å²) >= 11 is 2.69. The van der Waals surface area contributed by atoms with Crippen LogP contribution in [0.15, 0.2) is 22.5 Å². The quantitative estimate of drug-likeness (QED) is 0.400. The number of amides is 1. The zero-order valence-electron chi connectivity index (χ0n) is 12.6. The van der Waals surface area contributed by atoms with E-state index in [1.807, 2.05) is 6.92 Å². The molecule has 0 bridgehead atoms. The zero-order chi connectivity index (χ0) is 16.8. The van der Waals surface area contributed by atoms with E-state index in [2.05, 4.69) is 20.8 Å². The Morgan fingerprint density at radius 1 is 1.35 bits per heavy atom. The Kier molecular flexibility index (Phi) is 5.94. The Morgan fingerprint density at radius 3 is 2.83 bits per heavy atom. The molecule has 7 nitrogen and oxygen atoms in total. The van der Waals surface area contributed by atoms with Crippen LogP contribution >= 0.6 is 23.1 Å². The van der Waals surface area contributed by atoms with Crippen molar-refractivity contribution >= 4 is 45.6 Å². The number of aromatic hydroxyl groups is 1. The minimum Gasteiger partial charge on any atom is -0.506 e. The Balaban J connectivity index is 2.01. The summed E-state index contributed by atoms with van der Waals surface area (Å²) < 4.78 is 0.704. The lowest BCUT2D eigenvalue weighted by Crippen LogP contribution is -2.08. The Labute approximate surface area is 141 Å². The van der Waals surface area contributed by atoms with Gasteiger partial charge in [0.05, 0.1) is 11.4 Å². The Bertz CT molecular complexity index is 718. The largest absolute Gasteiger partial charge is 0.506 e. The standard InChI is InChI=1S/C14H16N4O3S2/c1-3-15-13-17-18-14(23-13)22-7-12(21)9-4-5-11(20)10(6-9)16-8(2)19/h4-6,20H,3,7H2,1-2H3,(H,15,17)(H,16,19). The van der Waals surface area contributed by atoms with E-state index in [0.29, 0.717) is 9.90 Å². The van der Waals surface area contributed by atoms with Crippen molar-refractivity contribution in [2.24, 2.45) is 0 Å². The molecule has 1 aromatic carbocycles. The summed E-state index contributed by atoms with van der Waals surface area (Å²) in [6.07, 6.45) is 0. The molecule has 0 radical (unpaired) electrons. The summed E-state index contributed by atoms with van der Waals surface area (Å²) in [5.74, 6) is -0.319. The predicted molar refractivity (Wildman–Crippen MR) is 91.5 cm³/mol. The van der Waals surface area contributed by atoms with Crippen LogP contribution in [-0.4, -0.2) is 39.3 Å². The lowest BCUT2D eigenvalue weighted by atomic mass is 10.1. The SMILES string of the molecule is CCNc1nnc(SCC(=O)c2ccc(O)c(NC(C)=O)c2)s1. The van der Waals surface area contributed by atoms with Gasteiger partial charge in [0, 0.05) is 19.0 Å². The molecule has 1 amide bonds. The number of thioether (sulfide) groups is 1. The molecule has 0 saturated heterocycles. The van der Waals surface area contributed by atoms with Crippen molar-refractivity contribution in [2.45, 2.75) is 18.2 Å². The summed E-state index contributed by atoms with van der Waals surface area (Å²) in [7, 11) is 0. The molecule has 0 aliphatic carbocycles. The second kappa shape index (κ2) is 7.93. The number of hydrogen-bond acceptors (Lipinski definition) is 8. The Morgan fingerprint density at radius 2 is 2.13 bits per heavy atom. The van der Waals surface area contributed by atoms with Gasteiger partial charge in [0.25, 0.3) is 0 Å². The average molecular weight is 352 g/mol. The minimum absolute atomic E-state index is 0.0798. The minimum atomic E-state index is -0.316. The molecule has 0 aliphatic rings. The number of carbonyl (C=O) groups is 2. The first kappa shape index (κ1) is 17.2. The van der Waals surface area contributed by atoms with Gasteiger partial charge in [-0.3, -0.25) is 9.59 Å². The molecule has 3 N–H and O–H groups in total. The van der Waals surface area contributed by atoms with Crippen LogP contribution in [0.25, 0.3) is 0 Å². The predicted octanol–water partition coefficient (Wildman–Crippen LogP) is 2.61. The highest BCUT2D eigenvalue weighted by molar-refractivity contribution is 8.01. The number of nitrogens with zero attached hydrogens (tertiary/aromatic N) is 2. The van der Waals surface area contributed by atoms with Crippen molar-refractivity contribution in [1.29, 1.82) is 0 Å². The van der Waals surface area contributed by atoms with Crippen LogP contribution in [0.1, 0.15) is 24.2 Å². The smallest absolute Gasteiger partial charge is 0.221 e. The number of Topliss-reactive ketones (excluding diaryl/α,β-unsaturated/α-hetero) is 1. The summed E-state index contributed by atoms with van der Waals surface area (Å²) in [4.78, 5) is 23.3. The van der Waals surface area contributed by atoms with Crippen molar-refractivity contribution in [3.8, 4) is 5.75 Å². The summed E-state index contributed by atoms with van der Waals surface area (Å²) in [6.45, 7) is 4.06. The van der Waals surface area contributed by atoms with Gasteiger partial charge in [-0.05, 0) is 25.1 Å². The van der Waals surface area contributed by atoms with Crippen molar-refractivity contribution in [2.75, 3.05) is 22.9 Å². The number of aromatic nitrogens is 2. The number of rotatable bonds is 7. The fourth-order valence-corrected chi connectivity index (χ4v) is 3.41. The van der Waals surface area contributed by atoms with E-state index in [0.717, 1.165) is 11.7 Å². The normalized spacial score (nSPS) is 10.3. The molecule has 0 unspecified atom stereocenters. The zero-order valence-corrected chi connectivity index (χ0v) is 14.3. The maximum Gasteiger partial charge on any atom is 0.221 e. The number of phenols is 1. The third kappa shape index (κ3) is 4.93. The number of anilines is 2. The van der Waals surface area contributed by atoms with E-state index in [4.69, 9.17) is 0 Å². The number of hydrogen-bond donors (Lipinski definition) is 3. The fraction of sp³-hybridized carbons (Fsp3) is 0.286. The number of phenolic OH excluding ortho intramolecular Hbond substituents is 1. The van der Waals surface area contributed by atoms with Gasteiger partial charge < -0.3 is 15.7 Å². The highest BCUT2D eigenvalue weighted by atomic mass is 32.2. The van der Waals surface area contributed by atoms with Gasteiger partial charge in [0.15, 0.2) is 10.1 Å². The van der Waals surface area contributed by atoms with Gasteiger partial charge in [0.2, 0.25) is 11.0 Å². The van der Waals surface area contributed by atoms with Gasteiger partial charge in [-0.25, -0.2) is 0 Å². The van der Waals surface area contributed by atoms with Gasteiger partial charge in [-0.1, -0.05) is 23.1 Å². The molecule has 0 aliphatic heterocycles. The van der Waals surface area contributed by atoms with Crippen LogP contribution in [0.4, 0.5) is 10.8 Å². The van der Waals surface area contributed by atoms with Gasteiger partial charge in [-0.15, -0.1) is 10.2 Å². The third-order valence-electron chi connectivity index (χ3n) is 2.69. The number of ketones is 1. The van der Waals surface area contributed by atoms with E-state index in [1.54, 1.807) is 0 Å². The maximum atomic E-state index is 12.2. The lowest BCUT2D eigenvalue weighted by Gasteiger charge is -2.07. The molecule has 1 aromatic heterocycles. The molecule has 23 heavy (non-hydrogen) atoms. The second-order valence-electron chi connectivity index (χ2n) is 4.53. The Hall–Kier alpha value is -2.13. The molecule has 9 heteroatoms. The van der Waals surface area contributed by atoms with Crippen LogP contribution in [0, 0.1) is 0 Å². The average Bonchev–Trinajstić information content (AvgIpc) is 2.94. The molecule has 0 fully saturated rings. The lowest BCUT2D eigenvalue weighted by molar-refractivity contribution is -0.114. The molecule has 0 saturated carbocycles. The van der Waals surface area contributed by atoms with Gasteiger partial charge in [-0.2, -0.15) is 0 Å². The van der Waals surface area contributed by atoms with Crippen LogP contribution in [-0.2, 0) is 4.79 Å². The first-order valence-corrected chi connectivity index (χ1v) is 8.63. The van der Waals surface area contributed by atoms with E-state index in [9.17, 15) is 14.7 Å². The number of nitrogens with one attached hydrogen (secondary N) is 2. The van der Waals surface area contributed by atoms with Gasteiger partial charge in [0.1, 0.15) is 5.75 Å². The topological polar surface area (TPSA) is 104 Å². The van der Waals surface area contributed by atoms with Gasteiger partial charge >= 0.3 is 0 Å². The monoisotopic (exact) mass is 352 g/mol. The first-order chi connectivity index (χ1) is 11.0. The van der Waals surface area contributed by atoms with Crippen LogP contribution < -0.4 is 10.6 Å². The fourth-order valence-electron chi connectivity index (χ4n) is 1.70. The number of carbonyl (C=O) groups excluding carboxylic acids is 2. The molecule has 2 aromatic rings. The summed E-state index contributed by atoms with van der Waals surface area (Å²) in [5.41, 5.74) is 0.633. The van der Waals surface area contributed by atoms with Crippen LogP contribution in [0.5, 0.6) is 5.75 Å². The van der Waals surface area contributed by atoms with Crippen LogP contribution in [0.2, 0.25) is 0 Å². The van der Waals surface area contributed by atoms with Crippen molar-refractivity contribution < 1.29 is 14.7 Å². The molecule has 0 atom stereocenters. The highest BCUT2D eigenvalue weighted by Gasteiger charge is 2.12. The summed E-state index contributed by atoms with van der Waals surface area (Å²) in [6, 6.07) is 4.37. The van der Waals surface area contributed by atoms with Crippen molar-refractivity contribution in [3.63, 3.8) is 0 Å². The van der Waals surface area contributed by atoms with E-state index >= 15 is 0 Å². The first-order valence-electron chi connectivity index (χ1n) is 6.83. The van der Waals surface area contributed by atoms with E-state index < -0.39 is 0 Å². The molecule has 122 valence electrons. The molecular weight excluding hydrogens is 336 g/mol. The summed E-state index contributed by atoms with van der Waals surface area (Å²) in [5, 5.41) is 23.9. The number of benzene rings is 1. The molecule has 2 rings (SSSR count). The van der Waals surface area contributed by atoms with Crippen LogP contribution in [0.3, 0.4) is 0 Å². The highest BCUT2D eigenvalue weighted by Crippen LogP contribution is 2.28. The van der Waals surface area contributed by atoms with Crippen molar-refractivity contribution in [3.05, 3.63) is 23.8 Å². The molecule has 1 heterocycles. The third-order valence-corrected chi connectivity index (χ3v) is 4.70. The van der Waals surface area contributed by atoms with E-state index in [1.165, 1.54) is 48.2 Å². The second-order valence-corrected chi connectivity index (χ2v) is 6.73. The molecular formula is C14H16N4O3S2. The van der Waals surface area contributed by atoms with Crippen molar-refractivity contribution in [1.82, 2.24) is 10.2 Å². The molecule has 0 spiro atoms.